The highest BCUT2D eigenvalue weighted by molar-refractivity contribution is 7.89. The Morgan fingerprint density at radius 2 is 1.67 bits per heavy atom. The highest BCUT2D eigenvalue weighted by Gasteiger charge is 2.24. The zero-order valence-corrected chi connectivity index (χ0v) is 12.2. The number of para-hydroxylation sites is 2. The summed E-state index contributed by atoms with van der Waals surface area (Å²) in [4.78, 5) is 4.29. The molecule has 0 saturated carbocycles. The summed E-state index contributed by atoms with van der Waals surface area (Å²) in [5, 5.41) is 10.5. The van der Waals surface area contributed by atoms with Gasteiger partial charge in [-0.2, -0.15) is 0 Å². The lowest BCUT2D eigenvalue weighted by Gasteiger charge is -2.12. The minimum absolute atomic E-state index is 0.102. The third-order valence-electron chi connectivity index (χ3n) is 3.24. The lowest BCUT2D eigenvalue weighted by molar-refractivity contribution is 0.209. The quantitative estimate of drug-likeness (QED) is 0.802. The minimum atomic E-state index is -3.58. The van der Waals surface area contributed by atoms with Crippen LogP contribution in [-0.4, -0.2) is 28.7 Å². The van der Waals surface area contributed by atoms with E-state index in [4.69, 9.17) is 0 Å². The molecule has 0 saturated heterocycles. The highest BCUT2D eigenvalue weighted by atomic mass is 32.2. The second-order valence-electron chi connectivity index (χ2n) is 4.80. The monoisotopic (exact) mass is 302 g/mol. The van der Waals surface area contributed by atoms with E-state index in [-0.39, 0.29) is 5.82 Å². The lowest BCUT2D eigenvalue weighted by Crippen LogP contribution is -2.17. The van der Waals surface area contributed by atoms with Crippen LogP contribution in [0.2, 0.25) is 0 Å². The Labute approximate surface area is 122 Å². The maximum absolute atomic E-state index is 12.1. The van der Waals surface area contributed by atoms with E-state index in [0.29, 0.717) is 16.6 Å². The van der Waals surface area contributed by atoms with Crippen molar-refractivity contribution in [1.29, 1.82) is 0 Å². The van der Waals surface area contributed by atoms with Crippen molar-refractivity contribution in [1.82, 2.24) is 8.96 Å². The zero-order valence-electron chi connectivity index (χ0n) is 11.3. The van der Waals surface area contributed by atoms with Crippen molar-refractivity contribution < 1.29 is 13.5 Å². The molecule has 3 rings (SSSR count). The highest BCUT2D eigenvalue weighted by Crippen LogP contribution is 2.26. The fraction of sp³-hybridized carbons (Fsp3) is 0.133. The maximum Gasteiger partial charge on any atom is 0.237 e. The number of imidazole rings is 1. The Morgan fingerprint density at radius 3 is 2.33 bits per heavy atom. The molecule has 1 atom stereocenters. The van der Waals surface area contributed by atoms with Gasteiger partial charge in [-0.3, -0.25) is 0 Å². The average molecular weight is 302 g/mol. The Kier molecular flexibility index (Phi) is 3.27. The summed E-state index contributed by atoms with van der Waals surface area (Å²) in [6.45, 7) is 0. The van der Waals surface area contributed by atoms with Crippen LogP contribution in [0, 0.1) is 0 Å². The molecule has 5 nitrogen and oxygen atoms in total. The molecule has 0 aliphatic carbocycles. The molecule has 2 aromatic carbocycles. The second-order valence-corrected chi connectivity index (χ2v) is 6.63. The Balaban J connectivity index is 2.28. The predicted molar refractivity (Wildman–Crippen MR) is 80.5 cm³/mol. The van der Waals surface area contributed by atoms with Crippen molar-refractivity contribution in [3.63, 3.8) is 0 Å². The van der Waals surface area contributed by atoms with Gasteiger partial charge in [0.25, 0.3) is 0 Å². The van der Waals surface area contributed by atoms with Crippen LogP contribution < -0.4 is 0 Å². The molecule has 0 aliphatic heterocycles. The van der Waals surface area contributed by atoms with E-state index in [1.54, 1.807) is 48.5 Å². The summed E-state index contributed by atoms with van der Waals surface area (Å²) in [5.41, 5.74) is 1.59. The number of hydrogen-bond donors (Lipinski definition) is 1. The van der Waals surface area contributed by atoms with Gasteiger partial charge in [0.05, 0.1) is 17.3 Å². The molecule has 0 amide bonds. The van der Waals surface area contributed by atoms with E-state index in [2.05, 4.69) is 4.98 Å². The Hall–Kier alpha value is -2.18. The summed E-state index contributed by atoms with van der Waals surface area (Å²) in [5.74, 6) is 0.102. The molecule has 0 spiro atoms. The van der Waals surface area contributed by atoms with Crippen LogP contribution in [0.25, 0.3) is 11.0 Å². The van der Waals surface area contributed by atoms with E-state index in [1.807, 2.05) is 6.07 Å². The number of benzene rings is 2. The van der Waals surface area contributed by atoms with Gasteiger partial charge in [-0.05, 0) is 17.7 Å². The van der Waals surface area contributed by atoms with Gasteiger partial charge in [0, 0.05) is 0 Å². The van der Waals surface area contributed by atoms with Crippen LogP contribution in [0.5, 0.6) is 0 Å². The van der Waals surface area contributed by atoms with Gasteiger partial charge in [0.2, 0.25) is 10.0 Å². The van der Waals surface area contributed by atoms with E-state index >= 15 is 0 Å². The largest absolute Gasteiger partial charge is 0.380 e. The van der Waals surface area contributed by atoms with Gasteiger partial charge in [0.1, 0.15) is 6.10 Å². The zero-order chi connectivity index (χ0) is 15.0. The number of fused-ring (bicyclic) bond motifs is 1. The first-order chi connectivity index (χ1) is 9.98. The third kappa shape index (κ3) is 2.43. The standard InChI is InChI=1S/C15H14N2O3S/c1-21(19,20)17-13-10-6-5-9-12(13)16-15(17)14(18)11-7-3-2-4-8-11/h2-10,14,18H,1H3/t14-/m1/s1. The Morgan fingerprint density at radius 1 is 1.05 bits per heavy atom. The third-order valence-corrected chi connectivity index (χ3v) is 4.28. The van der Waals surface area contributed by atoms with Gasteiger partial charge >= 0.3 is 0 Å². The molecule has 1 heterocycles. The van der Waals surface area contributed by atoms with Crippen LogP contribution >= 0.6 is 0 Å². The molecule has 108 valence electrons. The molecule has 1 aromatic heterocycles. The first kappa shape index (κ1) is 13.8. The first-order valence-corrected chi connectivity index (χ1v) is 8.24. The fourth-order valence-electron chi connectivity index (χ4n) is 2.33. The summed E-state index contributed by atoms with van der Waals surface area (Å²) in [6.07, 6.45) is -0.00387. The predicted octanol–water partition coefficient (Wildman–Crippen LogP) is 1.93. The van der Waals surface area contributed by atoms with E-state index in [1.165, 1.54) is 0 Å². The van der Waals surface area contributed by atoms with Crippen molar-refractivity contribution in [2.45, 2.75) is 6.10 Å². The van der Waals surface area contributed by atoms with E-state index < -0.39 is 16.1 Å². The number of aliphatic hydroxyl groups excluding tert-OH is 1. The normalized spacial score (nSPS) is 13.4. The van der Waals surface area contributed by atoms with E-state index in [0.717, 1.165) is 10.2 Å². The van der Waals surface area contributed by atoms with Crippen LogP contribution in [0.1, 0.15) is 17.5 Å². The number of nitrogens with zero attached hydrogens (tertiary/aromatic N) is 2. The average Bonchev–Trinajstić information content (AvgIpc) is 2.86. The van der Waals surface area contributed by atoms with Gasteiger partial charge in [-0.25, -0.2) is 17.4 Å². The van der Waals surface area contributed by atoms with Gasteiger partial charge in [-0.15, -0.1) is 0 Å². The van der Waals surface area contributed by atoms with E-state index in [9.17, 15) is 13.5 Å². The molecule has 3 aromatic rings. The van der Waals surface area contributed by atoms with Crippen molar-refractivity contribution in [2.24, 2.45) is 0 Å². The smallest absolute Gasteiger partial charge is 0.237 e. The van der Waals surface area contributed by atoms with Gasteiger partial charge in [0.15, 0.2) is 5.82 Å². The molecule has 1 N–H and O–H groups in total. The molecule has 0 unspecified atom stereocenters. The van der Waals surface area contributed by atoms with Crippen molar-refractivity contribution in [3.8, 4) is 0 Å². The SMILES string of the molecule is CS(=O)(=O)n1c([C@H](O)c2ccccc2)nc2ccccc21. The molecule has 0 aliphatic rings. The summed E-state index contributed by atoms with van der Waals surface area (Å²) in [7, 11) is -3.58. The molecule has 6 heteroatoms. The minimum Gasteiger partial charge on any atom is -0.380 e. The molecule has 21 heavy (non-hydrogen) atoms. The molecular formula is C15H14N2O3S. The lowest BCUT2D eigenvalue weighted by atomic mass is 10.1. The summed E-state index contributed by atoms with van der Waals surface area (Å²) in [6, 6.07) is 15.8. The van der Waals surface area contributed by atoms with Crippen LogP contribution in [0.15, 0.2) is 54.6 Å². The maximum atomic E-state index is 12.1. The van der Waals surface area contributed by atoms with Crippen molar-refractivity contribution in [2.75, 3.05) is 6.26 Å². The molecule has 0 radical (unpaired) electrons. The van der Waals surface area contributed by atoms with Crippen LogP contribution in [0.3, 0.4) is 0 Å². The second kappa shape index (κ2) is 4.98. The Bertz CT molecular complexity index is 886. The number of hydrogen-bond acceptors (Lipinski definition) is 4. The summed E-state index contributed by atoms with van der Waals surface area (Å²) >= 11 is 0. The van der Waals surface area contributed by atoms with Crippen molar-refractivity contribution in [3.05, 3.63) is 66.0 Å². The number of aliphatic hydroxyl groups is 1. The molecule has 0 fully saturated rings. The van der Waals surface area contributed by atoms with Gasteiger partial charge in [-0.1, -0.05) is 42.5 Å². The molecule has 0 bridgehead atoms. The van der Waals surface area contributed by atoms with Gasteiger partial charge < -0.3 is 5.11 Å². The molecular weight excluding hydrogens is 288 g/mol. The number of aromatic nitrogens is 2. The van der Waals surface area contributed by atoms with Crippen LogP contribution in [0.4, 0.5) is 0 Å². The number of rotatable bonds is 3. The van der Waals surface area contributed by atoms with Crippen molar-refractivity contribution >= 4 is 21.1 Å². The fourth-order valence-corrected chi connectivity index (χ4v) is 3.32. The first-order valence-electron chi connectivity index (χ1n) is 6.39. The topological polar surface area (TPSA) is 72.2 Å². The van der Waals surface area contributed by atoms with Crippen LogP contribution in [-0.2, 0) is 10.0 Å². The summed E-state index contributed by atoms with van der Waals surface area (Å²) < 4.78 is 25.3.